The molecule has 4 aliphatic rings. The number of halogens is 2. The smallest absolute Gasteiger partial charge is 0.326 e. The molecule has 4 aliphatic heterocycles. The van der Waals surface area contributed by atoms with Gasteiger partial charge in [-0.05, 0) is 51.6 Å². The first-order valence-corrected chi connectivity index (χ1v) is 17.5. The van der Waals surface area contributed by atoms with Crippen molar-refractivity contribution in [2.24, 2.45) is 0 Å². The number of nitrogens with zero attached hydrogens (tertiary/aromatic N) is 6. The number of carboxylic acids is 1. The van der Waals surface area contributed by atoms with Crippen molar-refractivity contribution in [2.45, 2.75) is 75.3 Å². The fourth-order valence-corrected chi connectivity index (χ4v) is 7.78. The number of likely N-dealkylation sites (tertiary alicyclic amines) is 1. The lowest BCUT2D eigenvalue weighted by atomic mass is 9.90. The van der Waals surface area contributed by atoms with Crippen LogP contribution in [0.15, 0.2) is 40.9 Å². The largest absolute Gasteiger partial charge is 0.480 e. The van der Waals surface area contributed by atoms with E-state index < -0.39 is 36.0 Å². The summed E-state index contributed by atoms with van der Waals surface area (Å²) in [6.07, 6.45) is 2.42. The van der Waals surface area contributed by atoms with Crippen molar-refractivity contribution in [1.29, 1.82) is 0 Å². The molecule has 1 unspecified atom stereocenters. The van der Waals surface area contributed by atoms with Gasteiger partial charge in [-0.15, -0.1) is 0 Å². The molecule has 1 N–H and O–H groups in total. The van der Waals surface area contributed by atoms with Crippen molar-refractivity contribution < 1.29 is 37.3 Å². The van der Waals surface area contributed by atoms with Gasteiger partial charge < -0.3 is 38.4 Å². The Bertz CT molecular complexity index is 2010. The summed E-state index contributed by atoms with van der Waals surface area (Å²) in [7, 11) is 2.15. The maximum atomic E-state index is 14.1. The first-order chi connectivity index (χ1) is 24.7. The van der Waals surface area contributed by atoms with Crippen LogP contribution >= 0.6 is 0 Å². The number of furan rings is 1. The van der Waals surface area contributed by atoms with Crippen LogP contribution < -0.4 is 14.5 Å². The first-order valence-electron chi connectivity index (χ1n) is 17.5. The van der Waals surface area contributed by atoms with Crippen LogP contribution in [-0.4, -0.2) is 107 Å². The van der Waals surface area contributed by atoms with Gasteiger partial charge >= 0.3 is 5.97 Å². The molecule has 4 saturated heterocycles. The Morgan fingerprint density at radius 3 is 2.78 bits per heavy atom. The van der Waals surface area contributed by atoms with Crippen molar-refractivity contribution in [2.75, 3.05) is 56.3 Å². The molecule has 1 aromatic carbocycles. The Morgan fingerprint density at radius 1 is 1.18 bits per heavy atom. The number of benzene rings is 1. The van der Waals surface area contributed by atoms with E-state index in [1.54, 1.807) is 30.5 Å². The zero-order chi connectivity index (χ0) is 35.3. The van der Waals surface area contributed by atoms with Gasteiger partial charge in [0.05, 0.1) is 32.4 Å². The topological polar surface area (TPSA) is 127 Å². The Morgan fingerprint density at radius 2 is 2.02 bits per heavy atom. The van der Waals surface area contributed by atoms with E-state index in [9.17, 15) is 18.7 Å². The molecular weight excluding hydrogens is 662 g/mol. The van der Waals surface area contributed by atoms with Crippen LogP contribution in [0.25, 0.3) is 22.1 Å². The van der Waals surface area contributed by atoms with Crippen molar-refractivity contribution in [3.05, 3.63) is 47.9 Å². The summed E-state index contributed by atoms with van der Waals surface area (Å²) in [5.74, 6) is 5.16. The number of ether oxygens (including phenoxy) is 3. The van der Waals surface area contributed by atoms with Crippen molar-refractivity contribution in [1.82, 2.24) is 19.9 Å². The average Bonchev–Trinajstić information content (AvgIpc) is 3.71. The Hall–Kier alpha value is -4.58. The van der Waals surface area contributed by atoms with E-state index in [2.05, 4.69) is 45.6 Å². The van der Waals surface area contributed by atoms with E-state index in [-0.39, 0.29) is 35.9 Å². The SMILES string of the molecule is C[C@@H]1N(c2cc(C#CCC3CCCCN3C)cnc2O[C@H]2C[C@@H](C(=O)O)N(c3nc(C(F)F)nc4c3oc3ccccc34)C2)CCOC12COC2. The molecule has 7 heterocycles. The number of aromatic nitrogens is 3. The number of hydrogen-bond acceptors (Lipinski definition) is 11. The number of carbonyl (C=O) groups is 1. The van der Waals surface area contributed by atoms with Gasteiger partial charge in [0.2, 0.25) is 5.88 Å². The number of alkyl halides is 2. The maximum absolute atomic E-state index is 14.1. The van der Waals surface area contributed by atoms with Crippen LogP contribution in [0.1, 0.15) is 56.8 Å². The Balaban J connectivity index is 1.12. The van der Waals surface area contributed by atoms with Gasteiger partial charge in [-0.25, -0.2) is 28.5 Å². The molecule has 51 heavy (non-hydrogen) atoms. The van der Waals surface area contributed by atoms with Gasteiger partial charge in [-0.2, -0.15) is 0 Å². The van der Waals surface area contributed by atoms with Crippen LogP contribution in [0, 0.1) is 11.8 Å². The number of pyridine rings is 1. The molecule has 3 aromatic heterocycles. The number of piperidine rings is 1. The van der Waals surface area contributed by atoms with E-state index >= 15 is 0 Å². The van der Waals surface area contributed by atoms with Crippen molar-refractivity contribution >= 4 is 39.5 Å². The van der Waals surface area contributed by atoms with E-state index in [1.807, 2.05) is 6.07 Å². The predicted octanol–water partition coefficient (Wildman–Crippen LogP) is 5.04. The number of morpholine rings is 1. The Kier molecular flexibility index (Phi) is 8.90. The highest BCUT2D eigenvalue weighted by Gasteiger charge is 2.50. The van der Waals surface area contributed by atoms with Gasteiger partial charge in [0.1, 0.15) is 34.5 Å². The zero-order valence-corrected chi connectivity index (χ0v) is 28.6. The summed E-state index contributed by atoms with van der Waals surface area (Å²) in [6.45, 7) is 5.25. The Labute approximate surface area is 293 Å². The molecule has 0 aliphatic carbocycles. The van der Waals surface area contributed by atoms with Crippen LogP contribution in [0.3, 0.4) is 0 Å². The number of anilines is 2. The summed E-state index contributed by atoms with van der Waals surface area (Å²) in [6, 6.07) is 8.16. The van der Waals surface area contributed by atoms with Crippen molar-refractivity contribution in [3.63, 3.8) is 0 Å². The van der Waals surface area contributed by atoms with Gasteiger partial charge in [0, 0.05) is 42.6 Å². The van der Waals surface area contributed by atoms with Gasteiger partial charge in [0.15, 0.2) is 17.2 Å². The molecule has 12 nitrogen and oxygen atoms in total. The van der Waals surface area contributed by atoms with E-state index in [4.69, 9.17) is 23.6 Å². The maximum Gasteiger partial charge on any atom is 0.326 e. The van der Waals surface area contributed by atoms with E-state index in [0.717, 1.165) is 30.6 Å². The summed E-state index contributed by atoms with van der Waals surface area (Å²) < 4.78 is 52.6. The number of carboxylic acid groups (broad SMARTS) is 1. The number of rotatable bonds is 7. The van der Waals surface area contributed by atoms with Crippen LogP contribution in [0.4, 0.5) is 20.3 Å². The zero-order valence-electron chi connectivity index (χ0n) is 28.6. The summed E-state index contributed by atoms with van der Waals surface area (Å²) in [4.78, 5) is 31.7. The third-order valence-corrected chi connectivity index (χ3v) is 10.8. The summed E-state index contributed by atoms with van der Waals surface area (Å²) >= 11 is 0. The predicted molar refractivity (Wildman–Crippen MR) is 184 cm³/mol. The quantitative estimate of drug-likeness (QED) is 0.260. The summed E-state index contributed by atoms with van der Waals surface area (Å²) in [5.41, 5.74) is 1.80. The normalized spacial score (nSPS) is 25.0. The number of hydrogen-bond donors (Lipinski definition) is 1. The molecule has 0 amide bonds. The standard InChI is InChI=1S/C37H40F2N6O6/c1-22-37(20-48-21-37)49-15-14-44(22)27-16-23(8-7-10-24-9-5-6-13-43(24)2)18-40-35(27)50-25-17-28(36(46)47)45(19-25)34-31-30(41-33(42-34)32(38)39)26-11-3-4-12-29(26)51-31/h3-4,11-12,16,18,22,24-25,28,32H,5-6,9-10,13-15,17,19-21H2,1-2H3,(H,46,47)/t22-,24?,25-,28-/m0/s1. The van der Waals surface area contributed by atoms with Gasteiger partial charge in [-0.3, -0.25) is 0 Å². The minimum atomic E-state index is -2.98. The second-order valence-electron chi connectivity index (χ2n) is 13.9. The van der Waals surface area contributed by atoms with E-state index in [0.29, 0.717) is 49.3 Å². The highest BCUT2D eigenvalue weighted by atomic mass is 19.3. The van der Waals surface area contributed by atoms with Crippen molar-refractivity contribution in [3.8, 4) is 17.7 Å². The second-order valence-corrected chi connectivity index (χ2v) is 13.9. The van der Waals surface area contributed by atoms with Crippen LogP contribution in [0.5, 0.6) is 5.88 Å². The lowest BCUT2D eigenvalue weighted by Crippen LogP contribution is -2.68. The molecular formula is C37H40F2N6O6. The average molecular weight is 703 g/mol. The third-order valence-electron chi connectivity index (χ3n) is 10.8. The molecule has 0 radical (unpaired) electrons. The fourth-order valence-electron chi connectivity index (χ4n) is 7.78. The van der Waals surface area contributed by atoms with Gasteiger partial charge in [0.25, 0.3) is 6.43 Å². The van der Waals surface area contributed by atoms with Crippen LogP contribution in [0.2, 0.25) is 0 Å². The minimum Gasteiger partial charge on any atom is -0.480 e. The first kappa shape index (κ1) is 33.6. The molecule has 4 fully saturated rings. The van der Waals surface area contributed by atoms with Crippen LogP contribution in [-0.2, 0) is 14.3 Å². The molecule has 4 atom stereocenters. The number of aliphatic carboxylic acids is 1. The number of fused-ring (bicyclic) bond motifs is 3. The molecule has 0 saturated carbocycles. The molecule has 0 bridgehead atoms. The molecule has 14 heteroatoms. The second kappa shape index (κ2) is 13.5. The third kappa shape index (κ3) is 6.21. The lowest BCUT2D eigenvalue weighted by Gasteiger charge is -2.53. The fraction of sp³-hybridized carbons (Fsp3) is 0.514. The lowest BCUT2D eigenvalue weighted by molar-refractivity contribution is -0.228. The highest BCUT2D eigenvalue weighted by Crippen LogP contribution is 2.41. The number of para-hydroxylation sites is 1. The molecule has 8 rings (SSSR count). The highest BCUT2D eigenvalue weighted by molar-refractivity contribution is 6.06. The molecule has 4 aromatic rings. The summed E-state index contributed by atoms with van der Waals surface area (Å²) in [5, 5.41) is 10.9. The molecule has 268 valence electrons. The van der Waals surface area contributed by atoms with E-state index in [1.165, 1.54) is 17.7 Å². The minimum absolute atomic E-state index is 0.0128. The van der Waals surface area contributed by atoms with Gasteiger partial charge in [-0.1, -0.05) is 30.4 Å². The molecule has 1 spiro atoms. The monoisotopic (exact) mass is 702 g/mol.